The van der Waals surface area contributed by atoms with Gasteiger partial charge in [0, 0.05) is 17.0 Å². The molecule has 1 aliphatic carbocycles. The highest BCUT2D eigenvalue weighted by atomic mass is 32.2. The SMILES string of the molecule is CSC1CCCC1NC1=NCCS1. The van der Waals surface area contributed by atoms with Crippen LogP contribution in [0.3, 0.4) is 0 Å². The Balaban J connectivity index is 1.86. The molecule has 2 unspecified atom stereocenters. The predicted octanol–water partition coefficient (Wildman–Crippen LogP) is 1.96. The third-order valence-corrected chi connectivity index (χ3v) is 4.73. The minimum absolute atomic E-state index is 0.680. The molecule has 0 bridgehead atoms. The molecule has 2 rings (SSSR count). The molecule has 0 saturated heterocycles. The summed E-state index contributed by atoms with van der Waals surface area (Å²) in [6, 6.07) is 0.680. The summed E-state index contributed by atoms with van der Waals surface area (Å²) in [5.41, 5.74) is 0. The van der Waals surface area contributed by atoms with E-state index in [2.05, 4.69) is 16.6 Å². The average molecular weight is 216 g/mol. The van der Waals surface area contributed by atoms with Gasteiger partial charge in [-0.2, -0.15) is 11.8 Å². The van der Waals surface area contributed by atoms with Crippen LogP contribution in [0, 0.1) is 0 Å². The molecular formula is C9H16N2S2. The Labute approximate surface area is 88.3 Å². The lowest BCUT2D eigenvalue weighted by atomic mass is 10.2. The molecule has 74 valence electrons. The van der Waals surface area contributed by atoms with Crippen LogP contribution in [0.15, 0.2) is 4.99 Å². The summed E-state index contributed by atoms with van der Waals surface area (Å²) >= 11 is 3.87. The molecule has 1 aliphatic heterocycles. The van der Waals surface area contributed by atoms with Crippen LogP contribution in [0.1, 0.15) is 19.3 Å². The number of thioether (sulfide) groups is 2. The number of rotatable bonds is 2. The van der Waals surface area contributed by atoms with E-state index in [1.54, 1.807) is 0 Å². The molecule has 1 saturated carbocycles. The number of nitrogens with zero attached hydrogens (tertiary/aromatic N) is 1. The van der Waals surface area contributed by atoms with E-state index in [0.29, 0.717) is 6.04 Å². The van der Waals surface area contributed by atoms with Crippen LogP contribution in [0.25, 0.3) is 0 Å². The molecule has 0 aromatic carbocycles. The Bertz CT molecular complexity index is 206. The fourth-order valence-electron chi connectivity index (χ4n) is 1.95. The van der Waals surface area contributed by atoms with Crippen molar-refractivity contribution in [3.8, 4) is 0 Å². The normalized spacial score (nSPS) is 33.5. The fourth-order valence-corrected chi connectivity index (χ4v) is 3.68. The van der Waals surface area contributed by atoms with Gasteiger partial charge >= 0.3 is 0 Å². The van der Waals surface area contributed by atoms with Gasteiger partial charge in [-0.25, -0.2) is 0 Å². The van der Waals surface area contributed by atoms with Crippen molar-refractivity contribution in [2.24, 2.45) is 4.99 Å². The number of hydrogen-bond donors (Lipinski definition) is 1. The van der Waals surface area contributed by atoms with Gasteiger partial charge in [0.1, 0.15) is 0 Å². The summed E-state index contributed by atoms with van der Waals surface area (Å²) < 4.78 is 0. The Hall–Kier alpha value is 0.170. The Morgan fingerprint density at radius 2 is 2.46 bits per heavy atom. The first kappa shape index (κ1) is 9.71. The highest BCUT2D eigenvalue weighted by molar-refractivity contribution is 8.14. The fraction of sp³-hybridized carbons (Fsp3) is 0.889. The Morgan fingerprint density at radius 1 is 1.54 bits per heavy atom. The van der Waals surface area contributed by atoms with Crippen LogP contribution in [0.2, 0.25) is 0 Å². The third-order valence-electron chi connectivity index (χ3n) is 2.65. The highest BCUT2D eigenvalue weighted by Crippen LogP contribution is 2.29. The second-order valence-electron chi connectivity index (χ2n) is 3.49. The molecule has 0 aromatic rings. The monoisotopic (exact) mass is 216 g/mol. The van der Waals surface area contributed by atoms with Gasteiger partial charge in [0.05, 0.1) is 6.54 Å². The maximum absolute atomic E-state index is 4.43. The lowest BCUT2D eigenvalue weighted by molar-refractivity contribution is 0.646. The summed E-state index contributed by atoms with van der Waals surface area (Å²) in [6.45, 7) is 1.00. The molecule has 0 aromatic heterocycles. The molecule has 0 radical (unpaired) electrons. The molecule has 2 atom stereocenters. The first-order valence-corrected chi connectivity index (χ1v) is 7.14. The minimum Gasteiger partial charge on any atom is -0.361 e. The average Bonchev–Trinajstić information content (AvgIpc) is 2.76. The zero-order valence-corrected chi connectivity index (χ0v) is 9.59. The molecule has 1 fully saturated rings. The summed E-state index contributed by atoms with van der Waals surface area (Å²) in [6.07, 6.45) is 6.29. The first-order valence-electron chi connectivity index (χ1n) is 4.87. The molecule has 4 heteroatoms. The molecule has 13 heavy (non-hydrogen) atoms. The second-order valence-corrected chi connectivity index (χ2v) is 5.65. The van der Waals surface area contributed by atoms with Gasteiger partial charge in [-0.3, -0.25) is 4.99 Å². The molecule has 1 N–H and O–H groups in total. The summed E-state index contributed by atoms with van der Waals surface area (Å²) in [7, 11) is 0. The van der Waals surface area contributed by atoms with Crippen LogP contribution >= 0.6 is 23.5 Å². The van der Waals surface area contributed by atoms with Crippen LogP contribution in [0.5, 0.6) is 0 Å². The van der Waals surface area contributed by atoms with Crippen molar-refractivity contribution in [2.45, 2.75) is 30.6 Å². The zero-order valence-electron chi connectivity index (χ0n) is 7.95. The quantitative estimate of drug-likeness (QED) is 0.763. The van der Waals surface area contributed by atoms with E-state index >= 15 is 0 Å². The van der Waals surface area contributed by atoms with Gasteiger partial charge in [0.25, 0.3) is 0 Å². The van der Waals surface area contributed by atoms with Gasteiger partial charge < -0.3 is 5.32 Å². The number of aliphatic imine (C=N–C) groups is 1. The maximum Gasteiger partial charge on any atom is 0.156 e. The number of nitrogens with one attached hydrogen (secondary N) is 1. The molecule has 2 nitrogen and oxygen atoms in total. The van der Waals surface area contributed by atoms with E-state index in [1.165, 1.54) is 30.2 Å². The van der Waals surface area contributed by atoms with Crippen molar-refractivity contribution in [1.29, 1.82) is 0 Å². The number of hydrogen-bond acceptors (Lipinski definition) is 4. The summed E-state index contributed by atoms with van der Waals surface area (Å²) in [5.74, 6) is 1.17. The first-order chi connectivity index (χ1) is 6.40. The van der Waals surface area contributed by atoms with Gasteiger partial charge in [-0.15, -0.1) is 0 Å². The van der Waals surface area contributed by atoms with E-state index in [0.717, 1.165) is 11.8 Å². The van der Waals surface area contributed by atoms with E-state index < -0.39 is 0 Å². The van der Waals surface area contributed by atoms with E-state index in [1.807, 2.05) is 23.5 Å². The predicted molar refractivity (Wildman–Crippen MR) is 62.8 cm³/mol. The van der Waals surface area contributed by atoms with Crippen LogP contribution in [0.4, 0.5) is 0 Å². The van der Waals surface area contributed by atoms with E-state index in [-0.39, 0.29) is 0 Å². The van der Waals surface area contributed by atoms with Gasteiger partial charge in [-0.05, 0) is 19.1 Å². The Kier molecular flexibility index (Phi) is 3.44. The topological polar surface area (TPSA) is 24.4 Å². The summed E-state index contributed by atoms with van der Waals surface area (Å²) in [5, 5.41) is 5.57. The van der Waals surface area contributed by atoms with Crippen molar-refractivity contribution >= 4 is 28.7 Å². The minimum atomic E-state index is 0.680. The van der Waals surface area contributed by atoms with Gasteiger partial charge in [0.15, 0.2) is 5.17 Å². The third kappa shape index (κ3) is 2.34. The molecule has 0 amide bonds. The van der Waals surface area contributed by atoms with E-state index in [4.69, 9.17) is 0 Å². The van der Waals surface area contributed by atoms with Crippen molar-refractivity contribution in [3.05, 3.63) is 0 Å². The van der Waals surface area contributed by atoms with Crippen LogP contribution in [-0.4, -0.2) is 35.0 Å². The maximum atomic E-state index is 4.43. The smallest absolute Gasteiger partial charge is 0.156 e. The van der Waals surface area contributed by atoms with Crippen LogP contribution < -0.4 is 5.32 Å². The van der Waals surface area contributed by atoms with Crippen molar-refractivity contribution in [3.63, 3.8) is 0 Å². The molecule has 0 spiro atoms. The Morgan fingerprint density at radius 3 is 3.15 bits per heavy atom. The lowest BCUT2D eigenvalue weighted by Crippen LogP contribution is -2.36. The molecule has 1 heterocycles. The lowest BCUT2D eigenvalue weighted by Gasteiger charge is -2.19. The van der Waals surface area contributed by atoms with Crippen molar-refractivity contribution in [1.82, 2.24) is 5.32 Å². The highest BCUT2D eigenvalue weighted by Gasteiger charge is 2.27. The van der Waals surface area contributed by atoms with Crippen molar-refractivity contribution in [2.75, 3.05) is 18.6 Å². The van der Waals surface area contributed by atoms with Crippen LogP contribution in [-0.2, 0) is 0 Å². The van der Waals surface area contributed by atoms with Crippen molar-refractivity contribution < 1.29 is 0 Å². The summed E-state index contributed by atoms with van der Waals surface area (Å²) in [4.78, 5) is 4.43. The molecule has 2 aliphatic rings. The number of amidine groups is 1. The van der Waals surface area contributed by atoms with E-state index in [9.17, 15) is 0 Å². The zero-order chi connectivity index (χ0) is 9.10. The standard InChI is InChI=1S/C9H16N2S2/c1-12-8-4-2-3-7(8)11-9-10-5-6-13-9/h7-8H,2-6H2,1H3,(H,10,11). The molecular weight excluding hydrogens is 200 g/mol. The van der Waals surface area contributed by atoms with Gasteiger partial charge in [0.2, 0.25) is 0 Å². The van der Waals surface area contributed by atoms with Gasteiger partial charge in [-0.1, -0.05) is 18.2 Å². The largest absolute Gasteiger partial charge is 0.361 e. The second kappa shape index (κ2) is 4.60.